The van der Waals surface area contributed by atoms with E-state index in [2.05, 4.69) is 13.8 Å². The van der Waals surface area contributed by atoms with Crippen LogP contribution in [0.2, 0.25) is 0 Å². The number of aryl methyl sites for hydroxylation is 1. The van der Waals surface area contributed by atoms with E-state index in [0.717, 1.165) is 5.56 Å². The van der Waals surface area contributed by atoms with Gasteiger partial charge in [-0.1, -0.05) is 44.2 Å². The highest BCUT2D eigenvalue weighted by atomic mass is 16.2. The number of hydrogen-bond donors (Lipinski definition) is 0. The molecule has 1 heterocycles. The minimum absolute atomic E-state index is 0.222. The molecular weight excluding hydrogens is 276 g/mol. The Bertz CT molecular complexity index is 965. The van der Waals surface area contributed by atoms with Gasteiger partial charge in [-0.15, -0.1) is 0 Å². The van der Waals surface area contributed by atoms with Crippen molar-refractivity contribution in [1.82, 2.24) is 9.13 Å². The molecule has 4 heteroatoms. The van der Waals surface area contributed by atoms with Gasteiger partial charge >= 0.3 is 5.69 Å². The summed E-state index contributed by atoms with van der Waals surface area (Å²) in [6.07, 6.45) is 0. The van der Waals surface area contributed by atoms with Gasteiger partial charge in [-0.25, -0.2) is 9.36 Å². The van der Waals surface area contributed by atoms with Crippen molar-refractivity contribution < 1.29 is 0 Å². The standard InChI is InChI=1S/C18H18N2O2/c1-12(2)13-8-4-7-11-16(13)20-17(21)14-9-5-6-10-15(14)19(3)18(20)22/h4-12H,1-3H3. The molecule has 3 aromatic rings. The second kappa shape index (κ2) is 5.30. The fourth-order valence-corrected chi connectivity index (χ4v) is 2.80. The average molecular weight is 294 g/mol. The first kappa shape index (κ1) is 14.3. The van der Waals surface area contributed by atoms with Gasteiger partial charge in [-0.3, -0.25) is 9.36 Å². The van der Waals surface area contributed by atoms with Crippen LogP contribution in [-0.4, -0.2) is 9.13 Å². The maximum atomic E-state index is 12.8. The van der Waals surface area contributed by atoms with E-state index in [-0.39, 0.29) is 17.2 Å². The van der Waals surface area contributed by atoms with Gasteiger partial charge in [-0.2, -0.15) is 0 Å². The van der Waals surface area contributed by atoms with Crippen LogP contribution >= 0.6 is 0 Å². The van der Waals surface area contributed by atoms with Crippen LogP contribution in [0.15, 0.2) is 58.1 Å². The molecule has 0 bridgehead atoms. The second-order valence-electron chi connectivity index (χ2n) is 5.71. The van der Waals surface area contributed by atoms with Gasteiger partial charge in [0.2, 0.25) is 0 Å². The van der Waals surface area contributed by atoms with Crippen molar-refractivity contribution >= 4 is 10.9 Å². The van der Waals surface area contributed by atoms with Crippen molar-refractivity contribution in [3.63, 3.8) is 0 Å². The van der Waals surface area contributed by atoms with Gasteiger partial charge in [0, 0.05) is 7.05 Å². The molecule has 0 aliphatic carbocycles. The maximum Gasteiger partial charge on any atom is 0.335 e. The number of fused-ring (bicyclic) bond motifs is 1. The lowest BCUT2D eigenvalue weighted by Gasteiger charge is -2.16. The lowest BCUT2D eigenvalue weighted by atomic mass is 10.0. The average Bonchev–Trinajstić information content (AvgIpc) is 2.53. The highest BCUT2D eigenvalue weighted by molar-refractivity contribution is 5.78. The third-order valence-corrected chi connectivity index (χ3v) is 3.98. The largest absolute Gasteiger partial charge is 0.335 e. The van der Waals surface area contributed by atoms with Gasteiger partial charge in [-0.05, 0) is 29.7 Å². The Labute approximate surface area is 128 Å². The van der Waals surface area contributed by atoms with Gasteiger partial charge in [0.15, 0.2) is 0 Å². The van der Waals surface area contributed by atoms with Crippen LogP contribution in [0.1, 0.15) is 25.3 Å². The Hall–Kier alpha value is -2.62. The molecule has 0 N–H and O–H groups in total. The number of benzene rings is 2. The topological polar surface area (TPSA) is 44.0 Å². The minimum atomic E-state index is -0.322. The molecule has 0 aliphatic rings. The monoisotopic (exact) mass is 294 g/mol. The van der Waals surface area contributed by atoms with Crippen LogP contribution in [0.4, 0.5) is 0 Å². The smallest absolute Gasteiger partial charge is 0.296 e. The zero-order valence-corrected chi connectivity index (χ0v) is 12.9. The number of para-hydroxylation sites is 2. The van der Waals surface area contributed by atoms with Gasteiger partial charge in [0.25, 0.3) is 5.56 Å². The predicted octanol–water partition coefficient (Wildman–Crippen LogP) is 2.81. The normalized spacial score (nSPS) is 11.3. The summed E-state index contributed by atoms with van der Waals surface area (Å²) in [5.41, 5.74) is 1.70. The quantitative estimate of drug-likeness (QED) is 0.729. The van der Waals surface area contributed by atoms with Crippen LogP contribution in [0.5, 0.6) is 0 Å². The van der Waals surface area contributed by atoms with E-state index < -0.39 is 0 Å². The summed E-state index contributed by atoms with van der Waals surface area (Å²) >= 11 is 0. The summed E-state index contributed by atoms with van der Waals surface area (Å²) < 4.78 is 2.80. The fraction of sp³-hybridized carbons (Fsp3) is 0.222. The SMILES string of the molecule is CC(C)c1ccccc1-n1c(=O)c2ccccc2n(C)c1=O. The maximum absolute atomic E-state index is 12.8. The minimum Gasteiger partial charge on any atom is -0.296 e. The molecule has 0 aliphatic heterocycles. The summed E-state index contributed by atoms with van der Waals surface area (Å²) in [5, 5.41) is 0.545. The summed E-state index contributed by atoms with van der Waals surface area (Å²) in [7, 11) is 1.69. The van der Waals surface area contributed by atoms with E-state index >= 15 is 0 Å². The van der Waals surface area contributed by atoms with Crippen LogP contribution in [0.25, 0.3) is 16.6 Å². The number of aromatic nitrogens is 2. The van der Waals surface area contributed by atoms with Crippen molar-refractivity contribution in [3.8, 4) is 5.69 Å². The number of rotatable bonds is 2. The van der Waals surface area contributed by atoms with Crippen LogP contribution in [0, 0.1) is 0 Å². The number of nitrogens with zero attached hydrogens (tertiary/aromatic N) is 2. The predicted molar refractivity (Wildman–Crippen MR) is 88.9 cm³/mol. The van der Waals surface area contributed by atoms with E-state index in [1.165, 1.54) is 9.13 Å². The molecule has 0 unspecified atom stereocenters. The van der Waals surface area contributed by atoms with Crippen LogP contribution in [-0.2, 0) is 7.05 Å². The summed E-state index contributed by atoms with van der Waals surface area (Å²) in [4.78, 5) is 25.5. The molecule has 0 radical (unpaired) electrons. The summed E-state index contributed by atoms with van der Waals surface area (Å²) in [6.45, 7) is 4.10. The first-order valence-corrected chi connectivity index (χ1v) is 7.32. The molecule has 0 saturated carbocycles. The van der Waals surface area contributed by atoms with Crippen LogP contribution < -0.4 is 11.2 Å². The highest BCUT2D eigenvalue weighted by Gasteiger charge is 2.15. The molecule has 4 nitrogen and oxygen atoms in total. The van der Waals surface area contributed by atoms with E-state index in [9.17, 15) is 9.59 Å². The van der Waals surface area contributed by atoms with Crippen molar-refractivity contribution in [2.75, 3.05) is 0 Å². The first-order chi connectivity index (χ1) is 10.5. The van der Waals surface area contributed by atoms with Crippen molar-refractivity contribution in [1.29, 1.82) is 0 Å². The Morgan fingerprint density at radius 1 is 0.909 bits per heavy atom. The third kappa shape index (κ3) is 2.08. The molecule has 0 amide bonds. The lowest BCUT2D eigenvalue weighted by molar-refractivity contribution is 0.756. The molecule has 0 atom stereocenters. The Kier molecular flexibility index (Phi) is 3.45. The molecular formula is C18H18N2O2. The van der Waals surface area contributed by atoms with E-state index in [1.807, 2.05) is 36.4 Å². The van der Waals surface area contributed by atoms with E-state index in [1.54, 1.807) is 19.2 Å². The Balaban J connectivity index is 2.48. The Morgan fingerprint density at radius 2 is 1.55 bits per heavy atom. The molecule has 22 heavy (non-hydrogen) atoms. The van der Waals surface area contributed by atoms with E-state index in [0.29, 0.717) is 16.6 Å². The van der Waals surface area contributed by atoms with Gasteiger partial charge < -0.3 is 0 Å². The molecule has 2 aromatic carbocycles. The van der Waals surface area contributed by atoms with E-state index in [4.69, 9.17) is 0 Å². The van der Waals surface area contributed by atoms with Gasteiger partial charge in [0.1, 0.15) is 0 Å². The molecule has 3 rings (SSSR count). The van der Waals surface area contributed by atoms with Crippen molar-refractivity contribution in [2.24, 2.45) is 7.05 Å². The molecule has 1 aromatic heterocycles. The lowest BCUT2D eigenvalue weighted by Crippen LogP contribution is -2.38. The van der Waals surface area contributed by atoms with Gasteiger partial charge in [0.05, 0.1) is 16.6 Å². The summed E-state index contributed by atoms with van der Waals surface area (Å²) in [6, 6.07) is 14.7. The molecule has 0 fully saturated rings. The Morgan fingerprint density at radius 3 is 2.27 bits per heavy atom. The second-order valence-corrected chi connectivity index (χ2v) is 5.71. The summed E-state index contributed by atoms with van der Waals surface area (Å²) in [5.74, 6) is 0.222. The first-order valence-electron chi connectivity index (χ1n) is 7.32. The molecule has 0 saturated heterocycles. The third-order valence-electron chi connectivity index (χ3n) is 3.98. The molecule has 112 valence electrons. The fourth-order valence-electron chi connectivity index (χ4n) is 2.80. The number of hydrogen-bond acceptors (Lipinski definition) is 2. The highest BCUT2D eigenvalue weighted by Crippen LogP contribution is 2.21. The van der Waals surface area contributed by atoms with Crippen LogP contribution in [0.3, 0.4) is 0 Å². The zero-order valence-electron chi connectivity index (χ0n) is 12.9. The molecule has 0 spiro atoms. The zero-order chi connectivity index (χ0) is 15.9. The van der Waals surface area contributed by atoms with Crippen molar-refractivity contribution in [3.05, 3.63) is 74.9 Å². The van der Waals surface area contributed by atoms with Crippen molar-refractivity contribution in [2.45, 2.75) is 19.8 Å².